The van der Waals surface area contributed by atoms with E-state index in [1.807, 2.05) is 6.92 Å². The molecule has 0 spiro atoms. The van der Waals surface area contributed by atoms with Crippen molar-refractivity contribution >= 4 is 5.91 Å². The van der Waals surface area contributed by atoms with Crippen molar-refractivity contribution in [3.63, 3.8) is 0 Å². The van der Waals surface area contributed by atoms with Gasteiger partial charge in [0.05, 0.1) is 6.04 Å². The number of nitrogens with one attached hydrogen (secondary N) is 2. The second-order valence-electron chi connectivity index (χ2n) is 5.15. The molecule has 1 rings (SSSR count). The summed E-state index contributed by atoms with van der Waals surface area (Å²) in [6.07, 6.45) is 6.40. The number of aliphatic hydroxyl groups is 1. The van der Waals surface area contributed by atoms with E-state index < -0.39 is 0 Å². The predicted octanol–water partition coefficient (Wildman–Crippen LogP) is 1.18. The fraction of sp³-hybridized carbons (Fsp3) is 0.923. The van der Waals surface area contributed by atoms with Gasteiger partial charge in [0.1, 0.15) is 0 Å². The molecule has 0 radical (unpaired) electrons. The van der Waals surface area contributed by atoms with E-state index in [4.69, 9.17) is 5.11 Å². The monoisotopic (exact) mass is 242 g/mol. The molecule has 100 valence electrons. The molecule has 1 aliphatic rings. The number of hydrogen-bond acceptors (Lipinski definition) is 3. The maximum Gasteiger partial charge on any atom is 0.237 e. The summed E-state index contributed by atoms with van der Waals surface area (Å²) in [6.45, 7) is 4.17. The smallest absolute Gasteiger partial charge is 0.237 e. The van der Waals surface area contributed by atoms with Crippen LogP contribution in [0, 0.1) is 0 Å². The fourth-order valence-corrected chi connectivity index (χ4v) is 2.38. The van der Waals surface area contributed by atoms with Crippen molar-refractivity contribution < 1.29 is 9.90 Å². The lowest BCUT2D eigenvalue weighted by Crippen LogP contribution is -2.48. The first-order valence-electron chi connectivity index (χ1n) is 6.80. The predicted molar refractivity (Wildman–Crippen MR) is 68.8 cm³/mol. The van der Waals surface area contributed by atoms with Gasteiger partial charge in [-0.15, -0.1) is 0 Å². The van der Waals surface area contributed by atoms with Crippen LogP contribution in [0.3, 0.4) is 0 Å². The van der Waals surface area contributed by atoms with Crippen LogP contribution in [-0.4, -0.2) is 35.7 Å². The number of carbonyl (C=O) groups is 1. The lowest BCUT2D eigenvalue weighted by Gasteiger charge is -2.21. The molecular weight excluding hydrogens is 216 g/mol. The van der Waals surface area contributed by atoms with Gasteiger partial charge in [-0.05, 0) is 39.5 Å². The maximum atomic E-state index is 11.9. The minimum Gasteiger partial charge on any atom is -0.396 e. The van der Waals surface area contributed by atoms with Crippen molar-refractivity contribution in [1.29, 1.82) is 0 Å². The van der Waals surface area contributed by atoms with E-state index >= 15 is 0 Å². The van der Waals surface area contributed by atoms with Crippen molar-refractivity contribution in [2.75, 3.05) is 6.61 Å². The molecule has 1 saturated carbocycles. The molecule has 3 N–H and O–H groups in total. The van der Waals surface area contributed by atoms with Gasteiger partial charge in [0.2, 0.25) is 5.91 Å². The van der Waals surface area contributed by atoms with E-state index in [0.717, 1.165) is 25.7 Å². The quantitative estimate of drug-likeness (QED) is 0.628. The van der Waals surface area contributed by atoms with Gasteiger partial charge in [-0.3, -0.25) is 4.79 Å². The molecule has 0 aromatic rings. The minimum atomic E-state index is -0.149. The van der Waals surface area contributed by atoms with Gasteiger partial charge in [-0.1, -0.05) is 12.8 Å². The van der Waals surface area contributed by atoms with Gasteiger partial charge in [0, 0.05) is 18.7 Å². The molecule has 1 fully saturated rings. The van der Waals surface area contributed by atoms with E-state index in [9.17, 15) is 4.79 Å². The number of hydrogen-bond donors (Lipinski definition) is 3. The highest BCUT2D eigenvalue weighted by atomic mass is 16.2. The van der Waals surface area contributed by atoms with Crippen LogP contribution in [0.2, 0.25) is 0 Å². The van der Waals surface area contributed by atoms with E-state index in [0.29, 0.717) is 6.04 Å². The Balaban J connectivity index is 2.20. The van der Waals surface area contributed by atoms with Gasteiger partial charge >= 0.3 is 0 Å². The van der Waals surface area contributed by atoms with Gasteiger partial charge in [-0.2, -0.15) is 0 Å². The molecule has 4 heteroatoms. The molecule has 0 aromatic heterocycles. The van der Waals surface area contributed by atoms with Crippen LogP contribution >= 0.6 is 0 Å². The first kappa shape index (κ1) is 14.5. The molecule has 1 aliphatic carbocycles. The number of amides is 1. The zero-order chi connectivity index (χ0) is 12.7. The second-order valence-corrected chi connectivity index (χ2v) is 5.15. The molecule has 0 aromatic carbocycles. The summed E-state index contributed by atoms with van der Waals surface area (Å²) in [6, 6.07) is 0.510. The molecule has 2 unspecified atom stereocenters. The SMILES string of the molecule is CC(CCCO)NC(C)C(=O)NC1CCCC1. The zero-order valence-corrected chi connectivity index (χ0v) is 11.0. The first-order chi connectivity index (χ1) is 8.13. The van der Waals surface area contributed by atoms with E-state index in [1.165, 1.54) is 12.8 Å². The van der Waals surface area contributed by atoms with Gasteiger partial charge in [0.25, 0.3) is 0 Å². The standard InChI is InChI=1S/C13H26N2O2/c1-10(6-5-9-16)14-11(2)13(17)15-12-7-3-4-8-12/h10-12,14,16H,3-9H2,1-2H3,(H,15,17). The average Bonchev–Trinajstić information content (AvgIpc) is 2.78. The molecular formula is C13H26N2O2. The summed E-state index contributed by atoms with van der Waals surface area (Å²) >= 11 is 0. The number of aliphatic hydroxyl groups excluding tert-OH is 1. The Kier molecular flexibility index (Phi) is 6.52. The molecule has 0 saturated heterocycles. The summed E-state index contributed by atoms with van der Waals surface area (Å²) in [5.41, 5.74) is 0. The van der Waals surface area contributed by atoms with Gasteiger partial charge < -0.3 is 15.7 Å². The lowest BCUT2D eigenvalue weighted by atomic mass is 10.1. The molecule has 2 atom stereocenters. The minimum absolute atomic E-state index is 0.104. The summed E-state index contributed by atoms with van der Waals surface area (Å²) in [4.78, 5) is 11.9. The van der Waals surface area contributed by atoms with Crippen molar-refractivity contribution in [2.45, 2.75) is 70.5 Å². The highest BCUT2D eigenvalue weighted by Crippen LogP contribution is 2.17. The summed E-state index contributed by atoms with van der Waals surface area (Å²) in [5.74, 6) is 0.104. The Hall–Kier alpha value is -0.610. The third-order valence-electron chi connectivity index (χ3n) is 3.42. The second kappa shape index (κ2) is 7.67. The number of rotatable bonds is 7. The van der Waals surface area contributed by atoms with Crippen LogP contribution in [0.25, 0.3) is 0 Å². The lowest BCUT2D eigenvalue weighted by molar-refractivity contribution is -0.123. The largest absolute Gasteiger partial charge is 0.396 e. The zero-order valence-electron chi connectivity index (χ0n) is 11.0. The van der Waals surface area contributed by atoms with Crippen molar-refractivity contribution in [3.8, 4) is 0 Å². The topological polar surface area (TPSA) is 61.4 Å². The summed E-state index contributed by atoms with van der Waals surface area (Å²) in [5, 5.41) is 15.1. The molecule has 17 heavy (non-hydrogen) atoms. The van der Waals surface area contributed by atoms with Crippen LogP contribution in [0.4, 0.5) is 0 Å². The van der Waals surface area contributed by atoms with Gasteiger partial charge in [0.15, 0.2) is 0 Å². The van der Waals surface area contributed by atoms with Crippen LogP contribution in [0.15, 0.2) is 0 Å². The Bertz CT molecular complexity index is 227. The molecule has 0 heterocycles. The molecule has 1 amide bonds. The first-order valence-corrected chi connectivity index (χ1v) is 6.80. The third-order valence-corrected chi connectivity index (χ3v) is 3.42. The highest BCUT2D eigenvalue weighted by Gasteiger charge is 2.21. The van der Waals surface area contributed by atoms with E-state index in [1.54, 1.807) is 0 Å². The maximum absolute atomic E-state index is 11.9. The highest BCUT2D eigenvalue weighted by molar-refractivity contribution is 5.81. The summed E-state index contributed by atoms with van der Waals surface area (Å²) in [7, 11) is 0. The van der Waals surface area contributed by atoms with Crippen molar-refractivity contribution in [1.82, 2.24) is 10.6 Å². The van der Waals surface area contributed by atoms with Crippen LogP contribution in [-0.2, 0) is 4.79 Å². The summed E-state index contributed by atoms with van der Waals surface area (Å²) < 4.78 is 0. The third kappa shape index (κ3) is 5.50. The Labute approximate surface area is 104 Å². The molecule has 0 bridgehead atoms. The van der Waals surface area contributed by atoms with Crippen LogP contribution in [0.5, 0.6) is 0 Å². The van der Waals surface area contributed by atoms with Gasteiger partial charge in [-0.25, -0.2) is 0 Å². The normalized spacial score (nSPS) is 20.2. The van der Waals surface area contributed by atoms with Crippen molar-refractivity contribution in [3.05, 3.63) is 0 Å². The molecule has 0 aliphatic heterocycles. The Morgan fingerprint density at radius 2 is 2.00 bits per heavy atom. The number of carbonyl (C=O) groups excluding carboxylic acids is 1. The van der Waals surface area contributed by atoms with E-state index in [2.05, 4.69) is 17.6 Å². The van der Waals surface area contributed by atoms with Crippen molar-refractivity contribution in [2.24, 2.45) is 0 Å². The fourth-order valence-electron chi connectivity index (χ4n) is 2.38. The van der Waals surface area contributed by atoms with E-state index in [-0.39, 0.29) is 24.6 Å². The molecule has 4 nitrogen and oxygen atoms in total. The van der Waals surface area contributed by atoms with Crippen LogP contribution < -0.4 is 10.6 Å². The Morgan fingerprint density at radius 3 is 2.59 bits per heavy atom. The Morgan fingerprint density at radius 1 is 1.35 bits per heavy atom. The average molecular weight is 242 g/mol. The van der Waals surface area contributed by atoms with Crippen LogP contribution in [0.1, 0.15) is 52.4 Å².